The molecule has 0 radical (unpaired) electrons. The van der Waals surface area contributed by atoms with Crippen molar-refractivity contribution >= 4 is 33.4 Å². The van der Waals surface area contributed by atoms with Crippen molar-refractivity contribution in [2.45, 2.75) is 25.0 Å². The predicted molar refractivity (Wildman–Crippen MR) is 141 cm³/mol. The Balaban J connectivity index is 1.52. The maximum absolute atomic E-state index is 6.39. The van der Waals surface area contributed by atoms with Crippen molar-refractivity contribution in [1.29, 1.82) is 0 Å². The molecule has 3 heterocycles. The minimum Gasteiger partial charge on any atom is -0.469 e. The van der Waals surface area contributed by atoms with Crippen LogP contribution >= 0.6 is 15.9 Å². The molecule has 1 aromatic carbocycles. The number of allylic oxidation sites excluding steroid dienone is 1. The Bertz CT molecular complexity index is 1150. The maximum Gasteiger partial charge on any atom is 0.237 e. The van der Waals surface area contributed by atoms with Crippen molar-refractivity contribution in [3.63, 3.8) is 0 Å². The molecule has 4 rings (SSSR count). The summed E-state index contributed by atoms with van der Waals surface area (Å²) in [5.74, 6) is 0.820. The predicted octanol–water partition coefficient (Wildman–Crippen LogP) is 4.55. The number of aliphatic imine (C=N–C) groups is 1. The molecular formula is C26H29BrN6O. The molecule has 0 fully saturated rings. The van der Waals surface area contributed by atoms with Crippen LogP contribution in [0.15, 0.2) is 76.6 Å². The summed E-state index contributed by atoms with van der Waals surface area (Å²) in [5.41, 5.74) is 10.5. The molecule has 4 N–H and O–H groups in total. The zero-order valence-corrected chi connectivity index (χ0v) is 20.9. The summed E-state index contributed by atoms with van der Waals surface area (Å²) in [6.45, 7) is 3.57. The van der Waals surface area contributed by atoms with Crippen LogP contribution < -0.4 is 21.1 Å². The van der Waals surface area contributed by atoms with Gasteiger partial charge in [0.2, 0.25) is 5.88 Å². The van der Waals surface area contributed by atoms with E-state index in [0.717, 1.165) is 39.1 Å². The molecule has 176 valence electrons. The van der Waals surface area contributed by atoms with Crippen LogP contribution in [0.5, 0.6) is 5.88 Å². The summed E-state index contributed by atoms with van der Waals surface area (Å²) in [5, 5.41) is 7.21. The fourth-order valence-corrected chi connectivity index (χ4v) is 4.21. The normalized spacial score (nSPS) is 17.5. The minimum absolute atomic E-state index is 0.0204. The molecule has 2 aromatic heterocycles. The van der Waals surface area contributed by atoms with E-state index >= 15 is 0 Å². The summed E-state index contributed by atoms with van der Waals surface area (Å²) in [6, 6.07) is 16.4. The van der Waals surface area contributed by atoms with Gasteiger partial charge in [0.05, 0.1) is 18.3 Å². The van der Waals surface area contributed by atoms with Gasteiger partial charge in [0.1, 0.15) is 6.10 Å². The summed E-state index contributed by atoms with van der Waals surface area (Å²) in [6.07, 6.45) is 6.70. The lowest BCUT2D eigenvalue weighted by Crippen LogP contribution is -2.43. The van der Waals surface area contributed by atoms with Gasteiger partial charge in [-0.05, 0) is 39.7 Å². The number of nitrogens with zero attached hydrogens (tertiary/aromatic N) is 3. The average Bonchev–Trinajstić information content (AvgIpc) is 2.88. The Kier molecular flexibility index (Phi) is 7.92. The van der Waals surface area contributed by atoms with Crippen LogP contribution in [-0.2, 0) is 0 Å². The van der Waals surface area contributed by atoms with E-state index in [4.69, 9.17) is 10.5 Å². The monoisotopic (exact) mass is 520 g/mol. The Morgan fingerprint density at radius 2 is 2.09 bits per heavy atom. The lowest BCUT2D eigenvalue weighted by molar-refractivity contribution is 0.149. The van der Waals surface area contributed by atoms with Gasteiger partial charge in [-0.25, -0.2) is 4.98 Å². The molecule has 0 bridgehead atoms. The molecular weight excluding hydrogens is 492 g/mol. The third kappa shape index (κ3) is 5.63. The van der Waals surface area contributed by atoms with Crippen molar-refractivity contribution in [3.8, 4) is 5.88 Å². The van der Waals surface area contributed by atoms with Gasteiger partial charge in [-0.15, -0.1) is 0 Å². The van der Waals surface area contributed by atoms with Crippen molar-refractivity contribution < 1.29 is 4.74 Å². The third-order valence-corrected chi connectivity index (χ3v) is 6.29. The number of benzene rings is 1. The highest BCUT2D eigenvalue weighted by atomic mass is 79.9. The van der Waals surface area contributed by atoms with Gasteiger partial charge >= 0.3 is 0 Å². The number of hydrogen-bond donors (Lipinski definition) is 3. The fraction of sp³-hybridized carbons (Fsp3) is 0.269. The molecule has 3 atom stereocenters. The molecule has 7 nitrogen and oxygen atoms in total. The Hall–Kier alpha value is -3.23. The van der Waals surface area contributed by atoms with Crippen molar-refractivity contribution in [3.05, 3.63) is 88.4 Å². The topological polar surface area (TPSA) is 97.5 Å². The summed E-state index contributed by atoms with van der Waals surface area (Å²) in [7, 11) is 1.71. The number of nitrogens with two attached hydrogens (primary N) is 1. The molecule has 8 heteroatoms. The molecule has 3 aromatic rings. The second-order valence-corrected chi connectivity index (χ2v) is 9.14. The Morgan fingerprint density at radius 1 is 1.26 bits per heavy atom. The molecule has 0 saturated heterocycles. The number of hydrogen-bond acceptors (Lipinski definition) is 7. The largest absolute Gasteiger partial charge is 0.469 e. The smallest absolute Gasteiger partial charge is 0.237 e. The molecule has 0 saturated carbocycles. The van der Waals surface area contributed by atoms with Crippen molar-refractivity contribution in [2.75, 3.05) is 25.5 Å². The van der Waals surface area contributed by atoms with E-state index in [2.05, 4.69) is 78.8 Å². The summed E-state index contributed by atoms with van der Waals surface area (Å²) < 4.78 is 7.37. The van der Waals surface area contributed by atoms with E-state index in [0.29, 0.717) is 12.4 Å². The highest BCUT2D eigenvalue weighted by Gasteiger charge is 2.30. The first kappa shape index (κ1) is 23.9. The van der Waals surface area contributed by atoms with Crippen LogP contribution in [0.2, 0.25) is 0 Å². The second kappa shape index (κ2) is 11.3. The van der Waals surface area contributed by atoms with Crippen LogP contribution in [0.4, 0.5) is 5.69 Å². The fourth-order valence-electron chi connectivity index (χ4n) is 3.98. The Morgan fingerprint density at radius 3 is 2.79 bits per heavy atom. The first-order valence-electron chi connectivity index (χ1n) is 11.2. The molecule has 0 amide bonds. The summed E-state index contributed by atoms with van der Waals surface area (Å²) >= 11 is 3.45. The standard InChI is InChI=1S/C26H29BrN6O/c1-17(22-9-8-21(27)15-30-22)12-32-25(18-6-4-3-5-7-18)24-16-31-23-10-19(14-33-26(23)34-24)20(11-28)13-29-2/h3-11,13-15,17,24-25,31-32H,12,16,28H2,1-2H3/t17-,24-,25+/m0/s1. The highest BCUT2D eigenvalue weighted by Crippen LogP contribution is 2.33. The van der Waals surface area contributed by atoms with Gasteiger partial charge in [-0.2, -0.15) is 0 Å². The number of pyridine rings is 2. The number of halogens is 1. The number of anilines is 1. The van der Waals surface area contributed by atoms with Gasteiger partial charge in [0.15, 0.2) is 0 Å². The Labute approximate surface area is 208 Å². The molecule has 0 unspecified atom stereocenters. The van der Waals surface area contributed by atoms with Gasteiger partial charge in [-0.1, -0.05) is 37.3 Å². The van der Waals surface area contributed by atoms with Gasteiger partial charge in [-0.3, -0.25) is 9.98 Å². The van der Waals surface area contributed by atoms with Gasteiger partial charge in [0, 0.05) is 65.6 Å². The van der Waals surface area contributed by atoms with Gasteiger partial charge < -0.3 is 21.1 Å². The summed E-state index contributed by atoms with van der Waals surface area (Å²) in [4.78, 5) is 13.2. The van der Waals surface area contributed by atoms with Crippen molar-refractivity contribution in [1.82, 2.24) is 15.3 Å². The number of aromatic nitrogens is 2. The lowest BCUT2D eigenvalue weighted by atomic mass is 9.98. The zero-order valence-electron chi connectivity index (χ0n) is 19.3. The van der Waals surface area contributed by atoms with Crippen LogP contribution in [0.25, 0.3) is 5.57 Å². The average molecular weight is 521 g/mol. The number of fused-ring (bicyclic) bond motifs is 1. The highest BCUT2D eigenvalue weighted by molar-refractivity contribution is 9.10. The van der Waals surface area contributed by atoms with E-state index in [-0.39, 0.29) is 18.1 Å². The third-order valence-electron chi connectivity index (χ3n) is 5.82. The minimum atomic E-state index is -0.139. The number of ether oxygens (including phenoxy) is 1. The zero-order chi connectivity index (χ0) is 23.9. The second-order valence-electron chi connectivity index (χ2n) is 8.22. The van der Waals surface area contributed by atoms with E-state index in [9.17, 15) is 0 Å². The van der Waals surface area contributed by atoms with E-state index in [1.54, 1.807) is 19.5 Å². The lowest BCUT2D eigenvalue weighted by Gasteiger charge is -2.34. The van der Waals surface area contributed by atoms with E-state index < -0.39 is 0 Å². The van der Waals surface area contributed by atoms with Gasteiger partial charge in [0.25, 0.3) is 0 Å². The van der Waals surface area contributed by atoms with Crippen LogP contribution in [0.3, 0.4) is 0 Å². The molecule has 1 aliphatic heterocycles. The molecule has 0 spiro atoms. The quantitative estimate of drug-likeness (QED) is 0.377. The molecule has 34 heavy (non-hydrogen) atoms. The van der Waals surface area contributed by atoms with Crippen LogP contribution in [0.1, 0.15) is 35.7 Å². The first-order chi connectivity index (χ1) is 16.6. The van der Waals surface area contributed by atoms with Crippen LogP contribution in [-0.4, -0.2) is 42.4 Å². The first-order valence-corrected chi connectivity index (χ1v) is 12.0. The maximum atomic E-state index is 6.39. The van der Waals surface area contributed by atoms with E-state index in [1.807, 2.05) is 24.4 Å². The van der Waals surface area contributed by atoms with Crippen LogP contribution in [0, 0.1) is 0 Å². The number of nitrogens with one attached hydrogen (secondary N) is 2. The molecule has 1 aliphatic rings. The van der Waals surface area contributed by atoms with E-state index in [1.165, 1.54) is 6.20 Å². The van der Waals surface area contributed by atoms with Crippen molar-refractivity contribution in [2.24, 2.45) is 10.7 Å². The SMILES string of the molecule is CN=CC(=CN)c1cnc2c(c1)NC[C@@H]([C@H](NC[C@H](C)c1ccc(Br)cn1)c1ccccc1)O2. The molecule has 0 aliphatic carbocycles. The number of rotatable bonds is 8.